The van der Waals surface area contributed by atoms with Gasteiger partial charge in [-0.15, -0.1) is 0 Å². The highest BCUT2D eigenvalue weighted by Gasteiger charge is 2.14. The molecule has 1 aromatic heterocycles. The van der Waals surface area contributed by atoms with E-state index in [9.17, 15) is 9.18 Å². The predicted octanol–water partition coefficient (Wildman–Crippen LogP) is 4.40. The van der Waals surface area contributed by atoms with Crippen LogP contribution in [-0.4, -0.2) is 10.9 Å². The van der Waals surface area contributed by atoms with Crippen molar-refractivity contribution in [2.24, 2.45) is 0 Å². The molecule has 0 fully saturated rings. The number of aryl methyl sites for hydroxylation is 2. The largest absolute Gasteiger partial charge is 0.319 e. The third kappa shape index (κ3) is 3.08. The Balaban J connectivity index is 2.33. The summed E-state index contributed by atoms with van der Waals surface area (Å²) in [5, 5.41) is 3.04. The monoisotopic (exact) mass is 312 g/mol. The second-order valence-corrected chi connectivity index (χ2v) is 5.09. The summed E-state index contributed by atoms with van der Waals surface area (Å²) in [5.74, 6) is -0.766. The molecule has 1 heterocycles. The second-order valence-electron chi connectivity index (χ2n) is 4.34. The maximum atomic E-state index is 13.0. The molecule has 0 unspecified atom stereocenters. The van der Waals surface area contributed by atoms with Crippen molar-refractivity contribution in [3.05, 3.63) is 57.1 Å². The van der Waals surface area contributed by atoms with E-state index in [-0.39, 0.29) is 22.0 Å². The fourth-order valence-corrected chi connectivity index (χ4v) is 2.39. The van der Waals surface area contributed by atoms with Crippen LogP contribution in [0.1, 0.15) is 21.5 Å². The standard InChI is InChI=1S/C14H11Cl2FN2O/c1-7-5-9(17)3-4-10(7)14(20)19-12-8(2)6-11(15)18-13(12)16/h3-6H,1-2H3,(H,19,20). The molecule has 1 amide bonds. The molecule has 1 N–H and O–H groups in total. The zero-order chi connectivity index (χ0) is 14.9. The molecule has 3 nitrogen and oxygen atoms in total. The minimum Gasteiger partial charge on any atom is -0.319 e. The number of pyridine rings is 1. The van der Waals surface area contributed by atoms with E-state index in [0.717, 1.165) is 0 Å². The van der Waals surface area contributed by atoms with Gasteiger partial charge < -0.3 is 5.32 Å². The first-order chi connectivity index (χ1) is 9.38. The summed E-state index contributed by atoms with van der Waals surface area (Å²) in [4.78, 5) is 16.1. The molecule has 20 heavy (non-hydrogen) atoms. The molecule has 0 atom stereocenters. The summed E-state index contributed by atoms with van der Waals surface area (Å²) in [6.07, 6.45) is 0. The lowest BCUT2D eigenvalue weighted by molar-refractivity contribution is 0.102. The lowest BCUT2D eigenvalue weighted by atomic mass is 10.1. The van der Waals surface area contributed by atoms with Crippen molar-refractivity contribution in [2.75, 3.05) is 5.32 Å². The minimum atomic E-state index is -0.388. The summed E-state index contributed by atoms with van der Waals surface area (Å²) >= 11 is 11.7. The van der Waals surface area contributed by atoms with Gasteiger partial charge >= 0.3 is 0 Å². The van der Waals surface area contributed by atoms with Crippen LogP contribution in [-0.2, 0) is 0 Å². The second kappa shape index (κ2) is 5.77. The number of carbonyl (C=O) groups excluding carboxylic acids is 1. The number of hydrogen-bond donors (Lipinski definition) is 1. The molecule has 0 saturated carbocycles. The third-order valence-corrected chi connectivity index (χ3v) is 3.28. The zero-order valence-corrected chi connectivity index (χ0v) is 12.3. The highest BCUT2D eigenvalue weighted by Crippen LogP contribution is 2.27. The topological polar surface area (TPSA) is 42.0 Å². The highest BCUT2D eigenvalue weighted by molar-refractivity contribution is 6.35. The number of aromatic nitrogens is 1. The Labute approximate surface area is 125 Å². The van der Waals surface area contributed by atoms with Gasteiger partial charge in [0, 0.05) is 5.56 Å². The van der Waals surface area contributed by atoms with E-state index in [1.807, 2.05) is 0 Å². The van der Waals surface area contributed by atoms with E-state index in [4.69, 9.17) is 23.2 Å². The number of amides is 1. The number of nitrogens with zero attached hydrogens (tertiary/aromatic N) is 1. The number of benzene rings is 1. The molecular formula is C14H11Cl2FN2O. The number of nitrogens with one attached hydrogen (secondary N) is 1. The van der Waals surface area contributed by atoms with Crippen LogP contribution in [0.25, 0.3) is 0 Å². The highest BCUT2D eigenvalue weighted by atomic mass is 35.5. The van der Waals surface area contributed by atoms with Crippen LogP contribution in [0.5, 0.6) is 0 Å². The summed E-state index contributed by atoms with van der Waals surface area (Å²) in [5.41, 5.74) is 2.00. The molecule has 1 aromatic carbocycles. The normalized spacial score (nSPS) is 10.4. The minimum absolute atomic E-state index is 0.114. The lowest BCUT2D eigenvalue weighted by Gasteiger charge is -2.11. The molecule has 0 aliphatic rings. The van der Waals surface area contributed by atoms with Crippen LogP contribution < -0.4 is 5.32 Å². The zero-order valence-electron chi connectivity index (χ0n) is 10.8. The Kier molecular flexibility index (Phi) is 4.26. The van der Waals surface area contributed by atoms with Crippen molar-refractivity contribution in [3.8, 4) is 0 Å². The summed E-state index contributed by atoms with van der Waals surface area (Å²) in [7, 11) is 0. The van der Waals surface area contributed by atoms with Crippen molar-refractivity contribution in [1.29, 1.82) is 0 Å². The third-order valence-electron chi connectivity index (χ3n) is 2.81. The van der Waals surface area contributed by atoms with Crippen molar-refractivity contribution in [3.63, 3.8) is 0 Å². The van der Waals surface area contributed by atoms with Crippen molar-refractivity contribution in [1.82, 2.24) is 4.98 Å². The maximum Gasteiger partial charge on any atom is 0.256 e. The van der Waals surface area contributed by atoms with Gasteiger partial charge in [0.2, 0.25) is 0 Å². The van der Waals surface area contributed by atoms with E-state index in [2.05, 4.69) is 10.3 Å². The Morgan fingerprint density at radius 3 is 2.50 bits per heavy atom. The van der Waals surface area contributed by atoms with Gasteiger partial charge in [-0.3, -0.25) is 4.79 Å². The molecule has 2 rings (SSSR count). The number of halogens is 3. The molecule has 0 radical (unpaired) electrons. The molecule has 6 heteroatoms. The van der Waals surface area contributed by atoms with Gasteiger partial charge in [0.1, 0.15) is 11.0 Å². The summed E-state index contributed by atoms with van der Waals surface area (Å²) in [6.45, 7) is 3.42. The van der Waals surface area contributed by atoms with Crippen LogP contribution in [0.4, 0.5) is 10.1 Å². The van der Waals surface area contributed by atoms with Crippen molar-refractivity contribution >= 4 is 34.8 Å². The first kappa shape index (κ1) is 14.8. The maximum absolute atomic E-state index is 13.0. The van der Waals surface area contributed by atoms with Gasteiger partial charge in [0.25, 0.3) is 5.91 Å². The predicted molar refractivity (Wildman–Crippen MR) is 78.1 cm³/mol. The van der Waals surface area contributed by atoms with E-state index in [0.29, 0.717) is 22.4 Å². The fourth-order valence-electron chi connectivity index (χ4n) is 1.81. The van der Waals surface area contributed by atoms with E-state index in [1.54, 1.807) is 19.9 Å². The lowest BCUT2D eigenvalue weighted by Crippen LogP contribution is -2.15. The van der Waals surface area contributed by atoms with E-state index >= 15 is 0 Å². The molecule has 104 valence electrons. The van der Waals surface area contributed by atoms with E-state index in [1.165, 1.54) is 18.2 Å². The summed E-state index contributed by atoms with van der Waals surface area (Å²) in [6, 6.07) is 5.55. The van der Waals surface area contributed by atoms with Crippen molar-refractivity contribution in [2.45, 2.75) is 13.8 Å². The van der Waals surface area contributed by atoms with Crippen LogP contribution in [0.2, 0.25) is 10.3 Å². The molecular weight excluding hydrogens is 302 g/mol. The van der Waals surface area contributed by atoms with Crippen LogP contribution in [0.3, 0.4) is 0 Å². The first-order valence-electron chi connectivity index (χ1n) is 5.78. The molecule has 0 spiro atoms. The van der Waals surface area contributed by atoms with Gasteiger partial charge in [-0.1, -0.05) is 23.2 Å². The van der Waals surface area contributed by atoms with Crippen molar-refractivity contribution < 1.29 is 9.18 Å². The average Bonchev–Trinajstić information content (AvgIpc) is 2.33. The van der Waals surface area contributed by atoms with Crippen LogP contribution >= 0.6 is 23.2 Å². The summed E-state index contributed by atoms with van der Waals surface area (Å²) < 4.78 is 13.0. The van der Waals surface area contributed by atoms with Crippen LogP contribution in [0.15, 0.2) is 24.3 Å². The Hall–Kier alpha value is -1.65. The van der Waals surface area contributed by atoms with Gasteiger partial charge in [0.05, 0.1) is 5.69 Å². The SMILES string of the molecule is Cc1cc(F)ccc1C(=O)Nc1c(C)cc(Cl)nc1Cl. The van der Waals surface area contributed by atoms with Gasteiger partial charge in [-0.05, 0) is 49.2 Å². The Morgan fingerprint density at radius 1 is 1.20 bits per heavy atom. The Morgan fingerprint density at radius 2 is 1.90 bits per heavy atom. The molecule has 0 aliphatic heterocycles. The number of anilines is 1. The number of rotatable bonds is 2. The van der Waals surface area contributed by atoms with Gasteiger partial charge in [-0.2, -0.15) is 0 Å². The smallest absolute Gasteiger partial charge is 0.256 e. The van der Waals surface area contributed by atoms with E-state index < -0.39 is 0 Å². The fraction of sp³-hybridized carbons (Fsp3) is 0.143. The van der Waals surface area contributed by atoms with Gasteiger partial charge in [-0.25, -0.2) is 9.37 Å². The molecule has 0 aliphatic carbocycles. The molecule has 0 bridgehead atoms. The number of hydrogen-bond acceptors (Lipinski definition) is 2. The Bertz CT molecular complexity index is 666. The number of carbonyl (C=O) groups is 1. The van der Waals surface area contributed by atoms with Gasteiger partial charge in [0.15, 0.2) is 5.15 Å². The first-order valence-corrected chi connectivity index (χ1v) is 6.54. The molecule has 0 saturated heterocycles. The molecule has 2 aromatic rings. The van der Waals surface area contributed by atoms with Crippen LogP contribution in [0, 0.1) is 19.7 Å². The quantitative estimate of drug-likeness (QED) is 0.835. The average molecular weight is 313 g/mol.